The van der Waals surface area contributed by atoms with Crippen molar-refractivity contribution in [1.29, 1.82) is 0 Å². The number of para-hydroxylation sites is 1. The van der Waals surface area contributed by atoms with Crippen molar-refractivity contribution < 1.29 is 29.0 Å². The second-order valence-corrected chi connectivity index (χ2v) is 8.22. The summed E-state index contributed by atoms with van der Waals surface area (Å²) < 4.78 is 11.2. The van der Waals surface area contributed by atoms with Gasteiger partial charge in [0.2, 0.25) is 5.88 Å². The Bertz CT molecular complexity index is 1310. The molecular formula is C25H25ClN4O6. The number of nitrogens with one attached hydrogen (secondary N) is 1. The van der Waals surface area contributed by atoms with Crippen molar-refractivity contribution in [3.05, 3.63) is 64.5 Å². The first-order valence-electron chi connectivity index (χ1n) is 10.8. The number of carboxylic acids is 1. The smallest absolute Gasteiger partial charge is 0.347 e. The summed E-state index contributed by atoms with van der Waals surface area (Å²) in [5, 5.41) is 21.7. The van der Waals surface area contributed by atoms with Gasteiger partial charge in [0.15, 0.2) is 22.9 Å². The Hall–Kier alpha value is -4.15. The number of pyridine rings is 1. The third kappa shape index (κ3) is 6.71. The number of aliphatic carboxylic acids is 1. The van der Waals surface area contributed by atoms with E-state index in [0.29, 0.717) is 28.6 Å². The van der Waals surface area contributed by atoms with E-state index in [9.17, 15) is 9.90 Å². The second-order valence-electron chi connectivity index (χ2n) is 7.81. The van der Waals surface area contributed by atoms with Gasteiger partial charge in [-0.25, -0.2) is 14.8 Å². The van der Waals surface area contributed by atoms with Crippen molar-refractivity contribution in [2.45, 2.75) is 6.92 Å². The molecule has 2 aromatic heterocycles. The van der Waals surface area contributed by atoms with Crippen molar-refractivity contribution in [1.82, 2.24) is 9.88 Å². The van der Waals surface area contributed by atoms with Crippen LogP contribution in [0.15, 0.2) is 52.0 Å². The lowest BCUT2D eigenvalue weighted by Crippen LogP contribution is -2.20. The maximum Gasteiger partial charge on any atom is 0.347 e. The number of carboxylic acid groups (broad SMARTS) is 1. The minimum atomic E-state index is -0.833. The zero-order valence-corrected chi connectivity index (χ0v) is 20.6. The number of aromatic nitrogens is 1. The molecule has 10 nitrogen and oxygen atoms in total. The van der Waals surface area contributed by atoms with E-state index in [-0.39, 0.29) is 29.6 Å². The van der Waals surface area contributed by atoms with Crippen molar-refractivity contribution in [3.8, 4) is 5.75 Å². The number of aromatic hydroxyl groups is 1. The van der Waals surface area contributed by atoms with Crippen LogP contribution in [0.5, 0.6) is 5.75 Å². The first-order valence-corrected chi connectivity index (χ1v) is 11.1. The number of likely N-dealkylation sites (N-methyl/N-ethyl adjacent to an activating group) is 1. The summed E-state index contributed by atoms with van der Waals surface area (Å²) in [5.41, 5.74) is 1.88. The number of hydrogen-bond donors (Lipinski definition) is 3. The number of fused-ring (bicyclic) bond motifs is 1. The SMILES string of the molecule is CC(=O)O.CN(C)CCOC(=O)c1c(Nc2ccccc2Cl)oc(C=C2C=Nc3ncccc32)c1O. The largest absolute Gasteiger partial charge is 0.504 e. The summed E-state index contributed by atoms with van der Waals surface area (Å²) in [6, 6.07) is 10.6. The van der Waals surface area contributed by atoms with Crippen LogP contribution in [-0.4, -0.2) is 65.5 Å². The third-order valence-corrected chi connectivity index (χ3v) is 5.05. The molecule has 0 aliphatic carbocycles. The first-order chi connectivity index (χ1) is 17.2. The minimum absolute atomic E-state index is 0.0265. The van der Waals surface area contributed by atoms with Gasteiger partial charge in [-0.1, -0.05) is 23.7 Å². The predicted octanol–water partition coefficient (Wildman–Crippen LogP) is 4.84. The lowest BCUT2D eigenvalue weighted by atomic mass is 10.1. The molecule has 0 fully saturated rings. The average molecular weight is 513 g/mol. The maximum absolute atomic E-state index is 12.8. The molecule has 0 saturated carbocycles. The van der Waals surface area contributed by atoms with Crippen LogP contribution in [0, 0.1) is 0 Å². The number of hydrogen-bond acceptors (Lipinski definition) is 9. The van der Waals surface area contributed by atoms with E-state index in [2.05, 4.69) is 15.3 Å². The molecule has 1 aromatic carbocycles. The molecular weight excluding hydrogens is 488 g/mol. The van der Waals surface area contributed by atoms with Crippen LogP contribution in [-0.2, 0) is 9.53 Å². The van der Waals surface area contributed by atoms with Crippen molar-refractivity contribution in [2.24, 2.45) is 4.99 Å². The molecule has 0 amide bonds. The molecule has 0 unspecified atom stereocenters. The van der Waals surface area contributed by atoms with Gasteiger partial charge in [0, 0.05) is 37.0 Å². The molecule has 11 heteroatoms. The molecule has 1 aliphatic rings. The number of ether oxygens (including phenoxy) is 1. The van der Waals surface area contributed by atoms with Gasteiger partial charge in [-0.15, -0.1) is 0 Å². The van der Waals surface area contributed by atoms with Crippen LogP contribution >= 0.6 is 11.6 Å². The van der Waals surface area contributed by atoms with Crippen molar-refractivity contribution in [3.63, 3.8) is 0 Å². The molecule has 188 valence electrons. The molecule has 0 atom stereocenters. The Morgan fingerprint density at radius 2 is 1.94 bits per heavy atom. The number of allylic oxidation sites excluding steroid dienone is 1. The normalized spacial score (nSPS) is 12.8. The standard InChI is InChI=1S/C23H21ClN4O4.C2H4O2/c1-28(2)10-11-31-23(30)19-20(29)18(12-14-13-26-21-15(14)6-5-9-25-21)32-22(19)27-17-8-4-3-7-16(17)24;1-2(3)4/h3-9,12-13,27,29H,10-11H2,1-2H3;1H3,(H,3,4). The Morgan fingerprint density at radius 3 is 2.64 bits per heavy atom. The minimum Gasteiger partial charge on any atom is -0.504 e. The van der Waals surface area contributed by atoms with Crippen LogP contribution < -0.4 is 5.32 Å². The number of nitrogens with zero attached hydrogens (tertiary/aromatic N) is 3. The fourth-order valence-electron chi connectivity index (χ4n) is 3.07. The van der Waals surface area contributed by atoms with Gasteiger partial charge in [-0.3, -0.25) is 4.79 Å². The molecule has 1 aliphatic heterocycles. The lowest BCUT2D eigenvalue weighted by molar-refractivity contribution is -0.134. The molecule has 3 heterocycles. The highest BCUT2D eigenvalue weighted by Crippen LogP contribution is 2.40. The summed E-state index contributed by atoms with van der Waals surface area (Å²) in [7, 11) is 3.74. The van der Waals surface area contributed by atoms with Gasteiger partial charge in [0.25, 0.3) is 5.97 Å². The van der Waals surface area contributed by atoms with E-state index >= 15 is 0 Å². The molecule has 3 aromatic rings. The van der Waals surface area contributed by atoms with E-state index in [1.165, 1.54) is 0 Å². The zero-order valence-electron chi connectivity index (χ0n) is 19.9. The van der Waals surface area contributed by atoms with Crippen LogP contribution in [0.3, 0.4) is 0 Å². The number of aliphatic imine (C=N–C) groups is 1. The van der Waals surface area contributed by atoms with Crippen LogP contribution in [0.2, 0.25) is 5.02 Å². The van der Waals surface area contributed by atoms with E-state index in [4.69, 9.17) is 30.7 Å². The Kier molecular flexibility index (Phi) is 8.82. The van der Waals surface area contributed by atoms with Gasteiger partial charge >= 0.3 is 5.97 Å². The van der Waals surface area contributed by atoms with Crippen LogP contribution in [0.4, 0.5) is 17.4 Å². The van der Waals surface area contributed by atoms with Gasteiger partial charge < -0.3 is 29.6 Å². The number of esters is 1. The van der Waals surface area contributed by atoms with E-state index in [1.54, 1.807) is 48.8 Å². The molecule has 0 saturated heterocycles. The monoisotopic (exact) mass is 512 g/mol. The summed E-state index contributed by atoms with van der Waals surface area (Å²) in [4.78, 5) is 32.1. The van der Waals surface area contributed by atoms with Crippen LogP contribution in [0.1, 0.15) is 28.6 Å². The van der Waals surface area contributed by atoms with Crippen molar-refractivity contribution >= 4 is 58.8 Å². The summed E-state index contributed by atoms with van der Waals surface area (Å²) >= 11 is 6.24. The summed E-state index contributed by atoms with van der Waals surface area (Å²) in [5.74, 6) is -1.21. The van der Waals surface area contributed by atoms with E-state index in [1.807, 2.05) is 25.1 Å². The third-order valence-electron chi connectivity index (χ3n) is 4.72. The topological polar surface area (TPSA) is 137 Å². The highest BCUT2D eigenvalue weighted by Gasteiger charge is 2.28. The van der Waals surface area contributed by atoms with Gasteiger partial charge in [0.05, 0.1) is 10.7 Å². The molecule has 0 spiro atoms. The highest BCUT2D eigenvalue weighted by molar-refractivity contribution is 6.33. The number of rotatable bonds is 7. The Morgan fingerprint density at radius 1 is 1.22 bits per heavy atom. The lowest BCUT2D eigenvalue weighted by Gasteiger charge is -2.10. The fourth-order valence-corrected chi connectivity index (χ4v) is 3.26. The van der Waals surface area contributed by atoms with Gasteiger partial charge in [-0.05, 0) is 44.4 Å². The number of furan rings is 1. The van der Waals surface area contributed by atoms with Gasteiger partial charge in [-0.2, -0.15) is 0 Å². The predicted molar refractivity (Wildman–Crippen MR) is 138 cm³/mol. The number of halogens is 1. The number of carbonyl (C=O) groups is 2. The molecule has 4 rings (SSSR count). The summed E-state index contributed by atoms with van der Waals surface area (Å²) in [6.07, 6.45) is 4.87. The fraction of sp³-hybridized carbons (Fsp3) is 0.200. The molecule has 3 N–H and O–H groups in total. The Labute approximate surface area is 212 Å². The van der Waals surface area contributed by atoms with Crippen LogP contribution in [0.25, 0.3) is 11.6 Å². The highest BCUT2D eigenvalue weighted by atomic mass is 35.5. The van der Waals surface area contributed by atoms with Gasteiger partial charge in [0.1, 0.15) is 6.61 Å². The average Bonchev–Trinajstić information content (AvgIpc) is 3.36. The number of benzene rings is 1. The van der Waals surface area contributed by atoms with E-state index in [0.717, 1.165) is 12.5 Å². The molecule has 0 radical (unpaired) electrons. The second kappa shape index (κ2) is 12.0. The summed E-state index contributed by atoms with van der Waals surface area (Å²) in [6.45, 7) is 1.78. The van der Waals surface area contributed by atoms with Crippen molar-refractivity contribution in [2.75, 3.05) is 32.6 Å². The Balaban J connectivity index is 0.000000840. The number of anilines is 2. The molecule has 36 heavy (non-hydrogen) atoms. The zero-order chi connectivity index (χ0) is 26.2. The first kappa shape index (κ1) is 26.5. The molecule has 0 bridgehead atoms. The number of carbonyl (C=O) groups excluding carboxylic acids is 1. The quantitative estimate of drug-likeness (QED) is 0.379. The van der Waals surface area contributed by atoms with E-state index < -0.39 is 11.9 Å². The maximum atomic E-state index is 12.8.